The quantitative estimate of drug-likeness (QED) is 0.820. The first-order chi connectivity index (χ1) is 10.5. The van der Waals surface area contributed by atoms with E-state index in [1.54, 1.807) is 18.2 Å². The van der Waals surface area contributed by atoms with Crippen LogP contribution in [0.25, 0.3) is 17.2 Å². The largest absolute Gasteiger partial charge is 0.455 e. The highest BCUT2D eigenvalue weighted by atomic mass is 16.3. The van der Waals surface area contributed by atoms with Gasteiger partial charge < -0.3 is 10.2 Å². The SMILES string of the molecule is C=C/C=c1/cc(C(/C=C(/C)C=C)=C/C)o/c1=C(/C=C)C(N)=O. The van der Waals surface area contributed by atoms with Crippen LogP contribution < -0.4 is 16.4 Å². The number of carbonyl (C=O) groups excluding carboxylic acids is 1. The Kier molecular flexibility index (Phi) is 6.14. The van der Waals surface area contributed by atoms with Crippen LogP contribution in [0.1, 0.15) is 19.6 Å². The van der Waals surface area contributed by atoms with Crippen LogP contribution in [0.2, 0.25) is 0 Å². The van der Waals surface area contributed by atoms with Gasteiger partial charge in [0.1, 0.15) is 11.2 Å². The molecule has 0 aliphatic heterocycles. The second kappa shape index (κ2) is 7.84. The number of nitrogens with two attached hydrogens (primary N) is 1. The van der Waals surface area contributed by atoms with Crippen molar-refractivity contribution in [1.82, 2.24) is 0 Å². The lowest BCUT2D eigenvalue weighted by Gasteiger charge is -1.98. The van der Waals surface area contributed by atoms with Crippen molar-refractivity contribution in [3.63, 3.8) is 0 Å². The first-order valence-corrected chi connectivity index (χ1v) is 6.85. The summed E-state index contributed by atoms with van der Waals surface area (Å²) in [5.74, 6) is 0.0434. The Morgan fingerprint density at radius 2 is 1.95 bits per heavy atom. The maximum absolute atomic E-state index is 11.5. The zero-order valence-electron chi connectivity index (χ0n) is 13.1. The summed E-state index contributed by atoms with van der Waals surface area (Å²) in [6, 6.07) is 1.84. The summed E-state index contributed by atoms with van der Waals surface area (Å²) in [5.41, 5.74) is 7.89. The first kappa shape index (κ1) is 17.2. The van der Waals surface area contributed by atoms with Gasteiger partial charge in [-0.15, -0.1) is 0 Å². The Labute approximate surface area is 130 Å². The highest BCUT2D eigenvalue weighted by molar-refractivity contribution is 6.15. The third-order valence-electron chi connectivity index (χ3n) is 3.07. The summed E-state index contributed by atoms with van der Waals surface area (Å²) in [5, 5.41) is 0.725. The van der Waals surface area contributed by atoms with Gasteiger partial charge in [-0.3, -0.25) is 4.79 Å². The maximum Gasteiger partial charge on any atom is 0.252 e. The predicted octanol–water partition coefficient (Wildman–Crippen LogP) is 2.60. The predicted molar refractivity (Wildman–Crippen MR) is 93.0 cm³/mol. The number of amides is 1. The van der Waals surface area contributed by atoms with Crippen LogP contribution >= 0.6 is 0 Å². The molecule has 1 heterocycles. The van der Waals surface area contributed by atoms with Gasteiger partial charge >= 0.3 is 0 Å². The van der Waals surface area contributed by atoms with Crippen LogP contribution in [0.4, 0.5) is 0 Å². The van der Waals surface area contributed by atoms with Gasteiger partial charge in [0.25, 0.3) is 5.91 Å². The minimum atomic E-state index is -0.588. The molecule has 0 spiro atoms. The number of primary amides is 1. The summed E-state index contributed by atoms with van der Waals surface area (Å²) >= 11 is 0. The van der Waals surface area contributed by atoms with E-state index in [1.165, 1.54) is 6.08 Å². The van der Waals surface area contributed by atoms with Crippen LogP contribution in [0.3, 0.4) is 0 Å². The van der Waals surface area contributed by atoms with E-state index in [1.807, 2.05) is 32.1 Å². The summed E-state index contributed by atoms with van der Waals surface area (Å²) in [4.78, 5) is 11.5. The van der Waals surface area contributed by atoms with Crippen LogP contribution in [-0.4, -0.2) is 5.91 Å². The fraction of sp³-hybridized carbons (Fsp3) is 0.105. The Morgan fingerprint density at radius 3 is 2.41 bits per heavy atom. The zero-order valence-corrected chi connectivity index (χ0v) is 13.1. The molecule has 0 aliphatic rings. The van der Waals surface area contributed by atoms with Crippen molar-refractivity contribution in [3.8, 4) is 0 Å². The second-order valence-corrected chi connectivity index (χ2v) is 4.62. The topological polar surface area (TPSA) is 56.2 Å². The van der Waals surface area contributed by atoms with Crippen molar-refractivity contribution in [2.45, 2.75) is 13.8 Å². The molecule has 3 nitrogen and oxygen atoms in total. The summed E-state index contributed by atoms with van der Waals surface area (Å²) in [6.45, 7) is 14.9. The molecule has 0 saturated heterocycles. The number of furan rings is 1. The summed E-state index contributed by atoms with van der Waals surface area (Å²) in [6.07, 6.45) is 10.4. The van der Waals surface area contributed by atoms with E-state index in [-0.39, 0.29) is 5.57 Å². The van der Waals surface area contributed by atoms with Gasteiger partial charge in [0.15, 0.2) is 0 Å². The minimum absolute atomic E-state index is 0.235. The Balaban J connectivity index is 3.74. The van der Waals surface area contributed by atoms with E-state index < -0.39 is 5.91 Å². The van der Waals surface area contributed by atoms with Crippen molar-refractivity contribution in [2.24, 2.45) is 5.73 Å². The van der Waals surface area contributed by atoms with Gasteiger partial charge in [-0.2, -0.15) is 0 Å². The van der Waals surface area contributed by atoms with Gasteiger partial charge in [-0.25, -0.2) is 0 Å². The molecule has 0 unspecified atom stereocenters. The van der Waals surface area contributed by atoms with E-state index in [0.29, 0.717) is 11.2 Å². The average molecular weight is 295 g/mol. The van der Waals surface area contributed by atoms with Crippen LogP contribution in [0.5, 0.6) is 0 Å². The number of hydrogen-bond donors (Lipinski definition) is 1. The fourth-order valence-electron chi connectivity index (χ4n) is 1.91. The molecule has 3 heteroatoms. The molecule has 0 saturated carbocycles. The van der Waals surface area contributed by atoms with Crippen molar-refractivity contribution in [1.29, 1.82) is 0 Å². The fourth-order valence-corrected chi connectivity index (χ4v) is 1.91. The molecule has 0 fully saturated rings. The van der Waals surface area contributed by atoms with Gasteiger partial charge in [0.2, 0.25) is 0 Å². The number of hydrogen-bond acceptors (Lipinski definition) is 2. The van der Waals surface area contributed by atoms with E-state index in [4.69, 9.17) is 10.2 Å². The molecule has 0 atom stereocenters. The van der Waals surface area contributed by atoms with Crippen LogP contribution in [0.15, 0.2) is 66.2 Å². The molecule has 0 aliphatic carbocycles. The molecule has 22 heavy (non-hydrogen) atoms. The van der Waals surface area contributed by atoms with E-state index in [9.17, 15) is 4.79 Å². The molecule has 114 valence electrons. The van der Waals surface area contributed by atoms with Crippen molar-refractivity contribution in [3.05, 3.63) is 78.2 Å². The Hall–Kier alpha value is -2.81. The van der Waals surface area contributed by atoms with Gasteiger partial charge in [0.05, 0.1) is 5.57 Å². The van der Waals surface area contributed by atoms with Gasteiger partial charge in [0, 0.05) is 10.8 Å². The Morgan fingerprint density at radius 1 is 1.27 bits per heavy atom. The number of carbonyl (C=O) groups is 1. The first-order valence-electron chi connectivity index (χ1n) is 6.85. The highest BCUT2D eigenvalue weighted by Gasteiger charge is 2.09. The number of allylic oxidation sites excluding steroid dienone is 6. The van der Waals surface area contributed by atoms with Gasteiger partial charge in [-0.05, 0) is 26.0 Å². The summed E-state index contributed by atoms with van der Waals surface area (Å²) < 4.78 is 5.84. The Bertz CT molecular complexity index is 786. The molecule has 2 N–H and O–H groups in total. The third kappa shape index (κ3) is 3.85. The van der Waals surface area contributed by atoms with Gasteiger partial charge in [-0.1, -0.05) is 55.7 Å². The second-order valence-electron chi connectivity index (χ2n) is 4.62. The molecule has 1 aromatic rings. The molecule has 1 aromatic heterocycles. The van der Waals surface area contributed by atoms with Crippen LogP contribution in [0, 0.1) is 0 Å². The normalized spacial score (nSPS) is 14.5. The molecular weight excluding hydrogens is 274 g/mol. The van der Waals surface area contributed by atoms with Crippen molar-refractivity contribution in [2.75, 3.05) is 0 Å². The molecule has 0 aromatic carbocycles. The van der Waals surface area contributed by atoms with E-state index in [2.05, 4.69) is 19.7 Å². The molecule has 1 rings (SSSR count). The lowest BCUT2D eigenvalue weighted by molar-refractivity contribution is -0.112. The highest BCUT2D eigenvalue weighted by Crippen LogP contribution is 2.16. The third-order valence-corrected chi connectivity index (χ3v) is 3.07. The standard InChI is InChI=1S/C19H21NO2/c1-6-10-15-12-17(14(8-3)11-13(5)7-2)22-18(15)16(9-4)19(20)21/h6-12H,1-2,4H2,3,5H3,(H2,20,21)/b13-11-,14-8+,15-10-,18-16-. The lowest BCUT2D eigenvalue weighted by atomic mass is 10.1. The maximum atomic E-state index is 11.5. The lowest BCUT2D eigenvalue weighted by Crippen LogP contribution is -2.27. The smallest absolute Gasteiger partial charge is 0.252 e. The van der Waals surface area contributed by atoms with Crippen molar-refractivity contribution >= 4 is 23.1 Å². The number of rotatable bonds is 6. The average Bonchev–Trinajstić information content (AvgIpc) is 2.89. The monoisotopic (exact) mass is 295 g/mol. The molecule has 0 bridgehead atoms. The molecular formula is C19H21NO2. The van der Waals surface area contributed by atoms with Crippen LogP contribution in [-0.2, 0) is 4.79 Å². The molecule has 1 amide bonds. The van der Waals surface area contributed by atoms with E-state index >= 15 is 0 Å². The van der Waals surface area contributed by atoms with Crippen molar-refractivity contribution < 1.29 is 9.21 Å². The molecule has 0 radical (unpaired) electrons. The van der Waals surface area contributed by atoms with E-state index in [0.717, 1.165) is 16.4 Å². The zero-order chi connectivity index (χ0) is 16.7. The summed E-state index contributed by atoms with van der Waals surface area (Å²) in [7, 11) is 0. The minimum Gasteiger partial charge on any atom is -0.455 e.